The molecule has 0 atom stereocenters. The highest BCUT2D eigenvalue weighted by molar-refractivity contribution is 9.10. The molecule has 2 rings (SSSR count). The molecule has 0 unspecified atom stereocenters. The van der Waals surface area contributed by atoms with E-state index >= 15 is 0 Å². The molecule has 3 N–H and O–H groups in total. The van der Waals surface area contributed by atoms with Gasteiger partial charge < -0.3 is 5.73 Å². The van der Waals surface area contributed by atoms with Gasteiger partial charge in [0.05, 0.1) is 11.4 Å². The molecule has 0 fully saturated rings. The molecule has 118 valence electrons. The number of nitrogens with zero attached hydrogens (tertiary/aromatic N) is 2. The van der Waals surface area contributed by atoms with Crippen LogP contribution in [-0.4, -0.2) is 14.5 Å². The maximum atomic E-state index is 12.5. The molecule has 0 amide bonds. The van der Waals surface area contributed by atoms with Crippen LogP contribution in [0.15, 0.2) is 33.5 Å². The van der Waals surface area contributed by atoms with E-state index in [4.69, 9.17) is 11.1 Å². The van der Waals surface area contributed by atoms with Crippen molar-refractivity contribution in [3.63, 3.8) is 0 Å². The fraction of sp³-hybridized carbons (Fsp3) is 0.333. The van der Waals surface area contributed by atoms with Crippen molar-refractivity contribution in [2.45, 2.75) is 25.5 Å². The Morgan fingerprint density at radius 1 is 1.36 bits per heavy atom. The number of hydrogen-bond donors (Lipinski definition) is 2. The normalized spacial score (nSPS) is 11.1. The van der Waals surface area contributed by atoms with E-state index in [1.807, 2.05) is 31.3 Å². The number of amidine groups is 1. The first-order valence-electron chi connectivity index (χ1n) is 6.86. The van der Waals surface area contributed by atoms with Crippen LogP contribution in [0.1, 0.15) is 31.0 Å². The third-order valence-electron chi connectivity index (χ3n) is 3.49. The van der Waals surface area contributed by atoms with Gasteiger partial charge in [-0.05, 0) is 39.5 Å². The van der Waals surface area contributed by atoms with E-state index < -0.39 is 0 Å². The summed E-state index contributed by atoms with van der Waals surface area (Å²) in [6.45, 7) is 4.27. The second kappa shape index (κ2) is 6.75. The van der Waals surface area contributed by atoms with Gasteiger partial charge in [-0.3, -0.25) is 14.9 Å². The molecule has 0 spiro atoms. The second-order valence-electron chi connectivity index (χ2n) is 5.30. The van der Waals surface area contributed by atoms with Crippen LogP contribution < -0.4 is 11.3 Å². The molecule has 7 heteroatoms. The first-order chi connectivity index (χ1) is 10.3. The van der Waals surface area contributed by atoms with E-state index in [1.54, 1.807) is 9.36 Å². The number of nitrogens with two attached hydrogens (primary N) is 1. The largest absolute Gasteiger partial charge is 0.379 e. The Morgan fingerprint density at radius 3 is 2.45 bits per heavy atom. The summed E-state index contributed by atoms with van der Waals surface area (Å²) in [5, 5.41) is 7.34. The lowest BCUT2D eigenvalue weighted by atomic mass is 10.0. The molecule has 0 aliphatic carbocycles. The number of benzene rings is 1. The first kappa shape index (κ1) is 16.9. The average molecular weight is 383 g/mol. The van der Waals surface area contributed by atoms with E-state index in [0.29, 0.717) is 16.1 Å². The summed E-state index contributed by atoms with van der Waals surface area (Å²) in [7, 11) is 1.83. The predicted octanol–water partition coefficient (Wildman–Crippen LogP) is 3.19. The van der Waals surface area contributed by atoms with Gasteiger partial charge in [0.25, 0.3) is 5.56 Å². The van der Waals surface area contributed by atoms with Crippen molar-refractivity contribution in [2.75, 3.05) is 0 Å². The zero-order valence-electron chi connectivity index (χ0n) is 12.8. The Bertz CT molecular complexity index is 746. The van der Waals surface area contributed by atoms with Gasteiger partial charge >= 0.3 is 0 Å². The quantitative estimate of drug-likeness (QED) is 0.629. The molecule has 0 saturated carbocycles. The highest BCUT2D eigenvalue weighted by atomic mass is 79.9. The maximum absolute atomic E-state index is 12.5. The van der Waals surface area contributed by atoms with Crippen molar-refractivity contribution in [1.82, 2.24) is 9.36 Å². The molecule has 2 aromatic rings. The lowest BCUT2D eigenvalue weighted by Crippen LogP contribution is -2.20. The highest BCUT2D eigenvalue weighted by Crippen LogP contribution is 2.22. The molecule has 0 bridgehead atoms. The van der Waals surface area contributed by atoms with E-state index in [2.05, 4.69) is 29.8 Å². The van der Waals surface area contributed by atoms with Gasteiger partial charge in [0.15, 0.2) is 5.17 Å². The lowest BCUT2D eigenvalue weighted by molar-refractivity contribution is 0.627. The maximum Gasteiger partial charge on any atom is 0.286 e. The molecular formula is C15H19BrN4OS. The zero-order valence-corrected chi connectivity index (χ0v) is 15.2. The Balaban J connectivity index is 2.45. The number of nitrogens with one attached hydrogen (secondary N) is 1. The summed E-state index contributed by atoms with van der Waals surface area (Å²) in [6, 6.07) is 7.98. The van der Waals surface area contributed by atoms with E-state index in [9.17, 15) is 4.79 Å². The van der Waals surface area contributed by atoms with Crippen molar-refractivity contribution in [2.24, 2.45) is 12.8 Å². The van der Waals surface area contributed by atoms with Crippen LogP contribution in [0.4, 0.5) is 0 Å². The number of halogens is 1. The number of hydrogen-bond acceptors (Lipinski definition) is 3. The number of thioether (sulfide) groups is 1. The van der Waals surface area contributed by atoms with Crippen LogP contribution in [-0.2, 0) is 12.8 Å². The molecule has 1 aromatic heterocycles. The number of aromatic nitrogens is 2. The van der Waals surface area contributed by atoms with Crippen LogP contribution in [0, 0.1) is 5.41 Å². The third-order valence-corrected chi connectivity index (χ3v) is 5.02. The Kier molecular flexibility index (Phi) is 5.18. The summed E-state index contributed by atoms with van der Waals surface area (Å²) < 4.78 is 3.92. The smallest absolute Gasteiger partial charge is 0.286 e. The van der Waals surface area contributed by atoms with Crippen molar-refractivity contribution >= 4 is 32.9 Å². The van der Waals surface area contributed by atoms with E-state index in [1.165, 1.54) is 17.3 Å². The molecule has 5 nitrogen and oxygen atoms in total. The van der Waals surface area contributed by atoms with Gasteiger partial charge in [-0.15, -0.1) is 0 Å². The SMILES string of the molecule is CC(C)c1ccc(-n2c(=O)c(Br)c(CSC(=N)N)n2C)cc1. The Morgan fingerprint density at radius 2 is 1.95 bits per heavy atom. The summed E-state index contributed by atoms with van der Waals surface area (Å²) in [4.78, 5) is 12.5. The molecule has 1 aromatic carbocycles. The van der Waals surface area contributed by atoms with Gasteiger partial charge in [0.2, 0.25) is 0 Å². The van der Waals surface area contributed by atoms with E-state index in [0.717, 1.165) is 11.4 Å². The van der Waals surface area contributed by atoms with Crippen molar-refractivity contribution in [3.8, 4) is 5.69 Å². The molecule has 1 heterocycles. The molecule has 0 aliphatic rings. The highest BCUT2D eigenvalue weighted by Gasteiger charge is 2.17. The lowest BCUT2D eigenvalue weighted by Gasteiger charge is -2.11. The Hall–Kier alpha value is -1.47. The Labute approximate surface area is 142 Å². The minimum atomic E-state index is -0.112. The fourth-order valence-electron chi connectivity index (χ4n) is 2.21. The van der Waals surface area contributed by atoms with Gasteiger partial charge in [-0.2, -0.15) is 0 Å². The summed E-state index contributed by atoms with van der Waals surface area (Å²) in [6.07, 6.45) is 0. The van der Waals surface area contributed by atoms with Crippen LogP contribution in [0.25, 0.3) is 5.69 Å². The van der Waals surface area contributed by atoms with Crippen LogP contribution in [0.2, 0.25) is 0 Å². The van der Waals surface area contributed by atoms with Crippen molar-refractivity contribution < 1.29 is 0 Å². The predicted molar refractivity (Wildman–Crippen MR) is 96.0 cm³/mol. The van der Waals surface area contributed by atoms with Crippen molar-refractivity contribution in [3.05, 3.63) is 50.3 Å². The fourth-order valence-corrected chi connectivity index (χ4v) is 3.58. The third kappa shape index (κ3) is 3.30. The average Bonchev–Trinajstić information content (AvgIpc) is 2.67. The van der Waals surface area contributed by atoms with Crippen LogP contribution in [0.5, 0.6) is 0 Å². The molecule has 22 heavy (non-hydrogen) atoms. The van der Waals surface area contributed by atoms with Gasteiger partial charge in [-0.25, -0.2) is 4.68 Å². The molecule has 0 radical (unpaired) electrons. The standard InChI is InChI=1S/C15H19BrN4OS/c1-9(2)10-4-6-11(7-5-10)20-14(21)13(16)12(19(20)3)8-22-15(17)18/h4-7,9H,8H2,1-3H3,(H3,17,18). The topological polar surface area (TPSA) is 76.8 Å². The molecule has 0 aliphatic heterocycles. The van der Waals surface area contributed by atoms with Crippen molar-refractivity contribution in [1.29, 1.82) is 5.41 Å². The minimum absolute atomic E-state index is 0.0355. The summed E-state index contributed by atoms with van der Waals surface area (Å²) in [5.74, 6) is 0.923. The molecular weight excluding hydrogens is 364 g/mol. The van der Waals surface area contributed by atoms with Crippen LogP contribution in [0.3, 0.4) is 0 Å². The van der Waals surface area contributed by atoms with Crippen LogP contribution >= 0.6 is 27.7 Å². The van der Waals surface area contributed by atoms with Gasteiger partial charge in [0.1, 0.15) is 4.47 Å². The molecule has 0 saturated heterocycles. The van der Waals surface area contributed by atoms with Gasteiger partial charge in [0, 0.05) is 12.8 Å². The zero-order chi connectivity index (χ0) is 16.4. The minimum Gasteiger partial charge on any atom is -0.379 e. The van der Waals surface area contributed by atoms with E-state index in [-0.39, 0.29) is 10.7 Å². The summed E-state index contributed by atoms with van der Waals surface area (Å²) in [5.41, 5.74) is 8.12. The first-order valence-corrected chi connectivity index (χ1v) is 8.64. The second-order valence-corrected chi connectivity index (χ2v) is 7.11. The van der Waals surface area contributed by atoms with Gasteiger partial charge in [-0.1, -0.05) is 37.7 Å². The monoisotopic (exact) mass is 382 g/mol. The number of rotatable bonds is 4. The summed E-state index contributed by atoms with van der Waals surface area (Å²) >= 11 is 4.55.